The number of anilines is 2. The molecule has 0 aliphatic heterocycles. The molecular weight excluding hydrogens is 562 g/mol. The Morgan fingerprint density at radius 3 is 2.37 bits per heavy atom. The quantitative estimate of drug-likeness (QED) is 0.112. The van der Waals surface area contributed by atoms with E-state index >= 15 is 0 Å². The zero-order valence-corrected chi connectivity index (χ0v) is 25.6. The molecule has 0 saturated carbocycles. The van der Waals surface area contributed by atoms with Crippen LogP contribution in [0.25, 0.3) is 0 Å². The van der Waals surface area contributed by atoms with Crippen molar-refractivity contribution in [1.82, 2.24) is 25.7 Å². The zero-order valence-electron chi connectivity index (χ0n) is 24.8. The van der Waals surface area contributed by atoms with Gasteiger partial charge >= 0.3 is 0 Å². The third-order valence-electron chi connectivity index (χ3n) is 6.79. The lowest BCUT2D eigenvalue weighted by molar-refractivity contribution is -0.124. The number of hydrogen-bond donors (Lipinski definition) is 4. The maximum absolute atomic E-state index is 12.6. The minimum Gasteiger partial charge on any atom is -0.373 e. The summed E-state index contributed by atoms with van der Waals surface area (Å²) in [5, 5.41) is 37.4. The molecular formula is C32H39N7O3S. The number of carbonyl (C=O) groups is 2. The van der Waals surface area contributed by atoms with E-state index in [0.717, 1.165) is 53.1 Å². The van der Waals surface area contributed by atoms with Gasteiger partial charge in [-0.15, -0.1) is 15.3 Å². The summed E-state index contributed by atoms with van der Waals surface area (Å²) >= 11 is 1.45. The Balaban J connectivity index is 1.16. The molecule has 2 atom stereocenters. The molecule has 4 N–H and O–H groups in total. The van der Waals surface area contributed by atoms with E-state index in [4.69, 9.17) is 0 Å². The fraction of sp³-hybridized carbons (Fsp3) is 0.375. The second-order valence-corrected chi connectivity index (χ2v) is 11.9. The first-order valence-corrected chi connectivity index (χ1v) is 15.4. The smallest absolute Gasteiger partial charge is 0.229 e. The van der Waals surface area contributed by atoms with Crippen molar-refractivity contribution in [3.63, 3.8) is 0 Å². The van der Waals surface area contributed by atoms with E-state index in [2.05, 4.69) is 36.3 Å². The number of benzene rings is 2. The molecule has 0 aliphatic rings. The molecule has 0 spiro atoms. The van der Waals surface area contributed by atoms with Gasteiger partial charge in [-0.3, -0.25) is 9.59 Å². The normalized spacial score (nSPS) is 12.5. The standard InChI is InChI=1S/C32H39N7O3S/c1-21(2)31(42)33-22(3)25-13-9-12-24(18-25)20-28(40)34-27-17-16-26(36-37-27)14-7-8-15-30-38-39-32(43-30)35-29(41)19-23-10-5-4-6-11-23/h4-6,9-13,16-18,21-22,29,41H,7-8,14-15,19-20H2,1-3H3,(H,33,42)(H,35,39)(H,34,37,40). The number of rotatable bonds is 15. The molecule has 0 bridgehead atoms. The van der Waals surface area contributed by atoms with Crippen molar-refractivity contribution in [1.29, 1.82) is 0 Å². The van der Waals surface area contributed by atoms with Gasteiger partial charge in [0.25, 0.3) is 0 Å². The molecule has 4 aromatic rings. The fourth-order valence-electron chi connectivity index (χ4n) is 4.39. The molecule has 11 heteroatoms. The van der Waals surface area contributed by atoms with Crippen LogP contribution in [0.2, 0.25) is 0 Å². The summed E-state index contributed by atoms with van der Waals surface area (Å²) in [4.78, 5) is 24.6. The number of aliphatic hydroxyl groups is 1. The number of unbranched alkanes of at least 4 members (excludes halogenated alkanes) is 1. The Kier molecular flexibility index (Phi) is 11.7. The highest BCUT2D eigenvalue weighted by atomic mass is 32.1. The molecule has 2 aromatic carbocycles. The Hall–Kier alpha value is -4.22. The number of aryl methyl sites for hydroxylation is 2. The van der Waals surface area contributed by atoms with E-state index in [1.165, 1.54) is 11.3 Å². The Morgan fingerprint density at radius 1 is 0.860 bits per heavy atom. The number of amides is 2. The third kappa shape index (κ3) is 10.5. The summed E-state index contributed by atoms with van der Waals surface area (Å²) in [7, 11) is 0. The second kappa shape index (κ2) is 15.9. The van der Waals surface area contributed by atoms with Gasteiger partial charge in [0.15, 0.2) is 5.82 Å². The van der Waals surface area contributed by atoms with Crippen molar-refractivity contribution in [2.75, 3.05) is 10.6 Å². The van der Waals surface area contributed by atoms with Crippen LogP contribution in [0, 0.1) is 5.92 Å². The van der Waals surface area contributed by atoms with Crippen molar-refractivity contribution in [3.8, 4) is 0 Å². The van der Waals surface area contributed by atoms with Gasteiger partial charge < -0.3 is 21.1 Å². The largest absolute Gasteiger partial charge is 0.373 e. The number of nitrogens with one attached hydrogen (secondary N) is 3. The minimum absolute atomic E-state index is 0.00660. The van der Waals surface area contributed by atoms with E-state index in [9.17, 15) is 14.7 Å². The van der Waals surface area contributed by atoms with Crippen LogP contribution in [0.15, 0.2) is 66.7 Å². The Morgan fingerprint density at radius 2 is 1.63 bits per heavy atom. The Bertz CT molecular complexity index is 1460. The monoisotopic (exact) mass is 601 g/mol. The van der Waals surface area contributed by atoms with Crippen LogP contribution in [0.5, 0.6) is 0 Å². The van der Waals surface area contributed by atoms with Crippen molar-refractivity contribution >= 4 is 34.1 Å². The summed E-state index contributed by atoms with van der Waals surface area (Å²) < 4.78 is 0. The van der Waals surface area contributed by atoms with Gasteiger partial charge in [0.1, 0.15) is 11.2 Å². The van der Waals surface area contributed by atoms with Crippen molar-refractivity contribution in [2.45, 2.75) is 71.6 Å². The van der Waals surface area contributed by atoms with E-state index in [-0.39, 0.29) is 30.2 Å². The van der Waals surface area contributed by atoms with Crippen LogP contribution in [-0.4, -0.2) is 43.5 Å². The lowest BCUT2D eigenvalue weighted by Crippen LogP contribution is -2.30. The van der Waals surface area contributed by atoms with Crippen molar-refractivity contribution in [3.05, 3.63) is 94.1 Å². The number of hydrogen-bond acceptors (Lipinski definition) is 9. The highest BCUT2D eigenvalue weighted by Gasteiger charge is 2.14. The molecule has 2 heterocycles. The molecule has 43 heavy (non-hydrogen) atoms. The van der Waals surface area contributed by atoms with E-state index in [1.807, 2.05) is 81.4 Å². The maximum atomic E-state index is 12.6. The van der Waals surface area contributed by atoms with Crippen LogP contribution < -0.4 is 16.0 Å². The van der Waals surface area contributed by atoms with Crippen molar-refractivity contribution < 1.29 is 14.7 Å². The van der Waals surface area contributed by atoms with E-state index in [1.54, 1.807) is 6.07 Å². The minimum atomic E-state index is -0.723. The number of aromatic nitrogens is 4. The molecule has 2 unspecified atom stereocenters. The van der Waals surface area contributed by atoms with Gasteiger partial charge in [-0.05, 0) is 55.0 Å². The number of aliphatic hydroxyl groups excluding tert-OH is 1. The molecule has 2 aromatic heterocycles. The van der Waals surface area contributed by atoms with Gasteiger partial charge in [0.2, 0.25) is 16.9 Å². The zero-order chi connectivity index (χ0) is 30.6. The molecule has 10 nitrogen and oxygen atoms in total. The maximum Gasteiger partial charge on any atom is 0.229 e. The fourth-order valence-corrected chi connectivity index (χ4v) is 5.22. The van der Waals surface area contributed by atoms with Gasteiger partial charge in [-0.25, -0.2) is 0 Å². The average molecular weight is 602 g/mol. The summed E-state index contributed by atoms with van der Waals surface area (Å²) in [5.74, 6) is 0.129. The summed E-state index contributed by atoms with van der Waals surface area (Å²) in [6.07, 6.45) is 3.34. The molecule has 0 aliphatic carbocycles. The lowest BCUT2D eigenvalue weighted by Gasteiger charge is -2.17. The van der Waals surface area contributed by atoms with Crippen LogP contribution in [0.4, 0.5) is 10.9 Å². The molecule has 0 saturated heterocycles. The first-order chi connectivity index (χ1) is 20.7. The SMILES string of the molecule is CC(C)C(=O)NC(C)c1cccc(CC(=O)Nc2ccc(CCCCc3nnc(NC(O)Cc4ccccc4)s3)nn2)c1. The molecule has 4 rings (SSSR count). The van der Waals surface area contributed by atoms with Gasteiger partial charge in [0, 0.05) is 18.8 Å². The highest BCUT2D eigenvalue weighted by molar-refractivity contribution is 7.15. The number of carbonyl (C=O) groups excluding carboxylic acids is 2. The predicted octanol–water partition coefficient (Wildman–Crippen LogP) is 4.88. The molecule has 2 amide bonds. The van der Waals surface area contributed by atoms with Crippen molar-refractivity contribution in [2.24, 2.45) is 5.92 Å². The predicted molar refractivity (Wildman–Crippen MR) is 169 cm³/mol. The molecule has 0 fully saturated rings. The van der Waals surface area contributed by atoms with Crippen LogP contribution in [0.3, 0.4) is 0 Å². The topological polar surface area (TPSA) is 142 Å². The van der Waals surface area contributed by atoms with Gasteiger partial charge in [0.05, 0.1) is 18.2 Å². The summed E-state index contributed by atoms with van der Waals surface area (Å²) in [5.41, 5.74) is 3.70. The summed E-state index contributed by atoms with van der Waals surface area (Å²) in [6.45, 7) is 5.65. The summed E-state index contributed by atoms with van der Waals surface area (Å²) in [6, 6.07) is 21.0. The highest BCUT2D eigenvalue weighted by Crippen LogP contribution is 2.19. The van der Waals surface area contributed by atoms with Crippen LogP contribution >= 0.6 is 11.3 Å². The first kappa shape index (κ1) is 31.7. The lowest BCUT2D eigenvalue weighted by atomic mass is 10.0. The third-order valence-corrected chi connectivity index (χ3v) is 7.70. The molecule has 0 radical (unpaired) electrons. The van der Waals surface area contributed by atoms with E-state index < -0.39 is 6.23 Å². The second-order valence-electron chi connectivity index (χ2n) is 10.8. The van der Waals surface area contributed by atoms with Crippen LogP contribution in [0.1, 0.15) is 67.0 Å². The number of nitrogens with zero attached hydrogens (tertiary/aromatic N) is 4. The first-order valence-electron chi connectivity index (χ1n) is 14.6. The van der Waals surface area contributed by atoms with Crippen LogP contribution in [-0.2, 0) is 35.3 Å². The molecule has 226 valence electrons. The average Bonchev–Trinajstić information content (AvgIpc) is 3.43. The van der Waals surface area contributed by atoms with Gasteiger partial charge in [-0.2, -0.15) is 5.10 Å². The van der Waals surface area contributed by atoms with E-state index in [0.29, 0.717) is 17.4 Å². The Labute approximate surface area is 256 Å². The van der Waals surface area contributed by atoms with Gasteiger partial charge in [-0.1, -0.05) is 79.8 Å².